The Morgan fingerprint density at radius 3 is 2.20 bits per heavy atom. The summed E-state index contributed by atoms with van der Waals surface area (Å²) in [6.45, 7) is 1.87. The number of phenolic OH excluding ortho intramolecular Hbond substituents is 1. The van der Waals surface area contributed by atoms with Crippen molar-refractivity contribution in [2.45, 2.75) is 13.0 Å². The van der Waals surface area contributed by atoms with E-state index in [9.17, 15) is 9.50 Å². The first kappa shape index (κ1) is 15.2. The van der Waals surface area contributed by atoms with E-state index in [0.717, 1.165) is 5.56 Å². The number of anilines is 1. The van der Waals surface area contributed by atoms with Gasteiger partial charge in [0, 0.05) is 16.8 Å². The van der Waals surface area contributed by atoms with Crippen LogP contribution >= 0.6 is 34.8 Å². The molecule has 1 atom stereocenters. The van der Waals surface area contributed by atoms with E-state index in [0.29, 0.717) is 10.7 Å². The first-order chi connectivity index (χ1) is 9.38. The molecular formula is C14H11Cl3FNO. The molecule has 0 aliphatic carbocycles. The Bertz CT molecular complexity index is 625. The molecule has 0 heterocycles. The normalized spacial score (nSPS) is 12.2. The molecule has 6 heteroatoms. The van der Waals surface area contributed by atoms with Gasteiger partial charge in [-0.2, -0.15) is 0 Å². The second-order valence-electron chi connectivity index (χ2n) is 4.32. The summed E-state index contributed by atoms with van der Waals surface area (Å²) >= 11 is 17.7. The molecule has 0 spiro atoms. The molecule has 0 bridgehead atoms. The quantitative estimate of drug-likeness (QED) is 0.709. The van der Waals surface area contributed by atoms with E-state index in [1.165, 1.54) is 12.1 Å². The summed E-state index contributed by atoms with van der Waals surface area (Å²) < 4.78 is 13.0. The number of hydrogen-bond donors (Lipinski definition) is 2. The monoisotopic (exact) mass is 333 g/mol. The molecule has 0 saturated carbocycles. The summed E-state index contributed by atoms with van der Waals surface area (Å²) in [5.41, 5.74) is 1.37. The molecule has 106 valence electrons. The van der Waals surface area contributed by atoms with Gasteiger partial charge in [-0.1, -0.05) is 40.9 Å². The standard InChI is InChI=1S/C14H11Cl3FNO/c1-7(10-3-2-8(18)4-11(10)15)19-9-5-12(16)14(20)13(17)6-9/h2-7,19-20H,1H3. The molecule has 1 unspecified atom stereocenters. The summed E-state index contributed by atoms with van der Waals surface area (Å²) in [7, 11) is 0. The largest absolute Gasteiger partial charge is 0.505 e. The van der Waals surface area contributed by atoms with Crippen molar-refractivity contribution in [3.63, 3.8) is 0 Å². The molecule has 20 heavy (non-hydrogen) atoms. The minimum absolute atomic E-state index is 0.150. The molecule has 0 radical (unpaired) electrons. The lowest BCUT2D eigenvalue weighted by Crippen LogP contribution is -2.07. The molecule has 0 amide bonds. The van der Waals surface area contributed by atoms with Crippen LogP contribution in [0.15, 0.2) is 30.3 Å². The van der Waals surface area contributed by atoms with Gasteiger partial charge in [0.25, 0.3) is 0 Å². The second-order valence-corrected chi connectivity index (χ2v) is 5.54. The van der Waals surface area contributed by atoms with E-state index in [2.05, 4.69) is 5.32 Å². The fourth-order valence-corrected chi connectivity index (χ4v) is 2.65. The highest BCUT2D eigenvalue weighted by Gasteiger charge is 2.12. The van der Waals surface area contributed by atoms with Gasteiger partial charge in [0.1, 0.15) is 5.82 Å². The van der Waals surface area contributed by atoms with E-state index < -0.39 is 0 Å². The average Bonchev–Trinajstić information content (AvgIpc) is 2.35. The highest BCUT2D eigenvalue weighted by atomic mass is 35.5. The molecule has 0 aliphatic rings. The number of nitrogens with one attached hydrogen (secondary N) is 1. The zero-order valence-electron chi connectivity index (χ0n) is 10.4. The number of halogens is 4. The topological polar surface area (TPSA) is 32.3 Å². The van der Waals surface area contributed by atoms with E-state index in [-0.39, 0.29) is 27.7 Å². The van der Waals surface area contributed by atoms with Crippen molar-refractivity contribution < 1.29 is 9.50 Å². The summed E-state index contributed by atoms with van der Waals surface area (Å²) in [5.74, 6) is -0.548. The van der Waals surface area contributed by atoms with Crippen LogP contribution in [0.3, 0.4) is 0 Å². The Balaban J connectivity index is 2.25. The van der Waals surface area contributed by atoms with Gasteiger partial charge in [-0.3, -0.25) is 0 Å². The fraction of sp³-hybridized carbons (Fsp3) is 0.143. The van der Waals surface area contributed by atoms with Crippen LogP contribution in [0.4, 0.5) is 10.1 Å². The number of hydrogen-bond acceptors (Lipinski definition) is 2. The predicted molar refractivity (Wildman–Crippen MR) is 81.6 cm³/mol. The zero-order valence-corrected chi connectivity index (χ0v) is 12.7. The molecule has 0 fully saturated rings. The highest BCUT2D eigenvalue weighted by molar-refractivity contribution is 6.37. The molecular weight excluding hydrogens is 324 g/mol. The molecule has 0 aromatic heterocycles. The van der Waals surface area contributed by atoms with Gasteiger partial charge in [-0.05, 0) is 36.8 Å². The third-order valence-corrected chi connectivity index (χ3v) is 3.73. The van der Waals surface area contributed by atoms with Crippen molar-refractivity contribution in [1.82, 2.24) is 0 Å². The van der Waals surface area contributed by atoms with Crippen LogP contribution in [-0.2, 0) is 0 Å². The van der Waals surface area contributed by atoms with Crippen molar-refractivity contribution >= 4 is 40.5 Å². The van der Waals surface area contributed by atoms with Gasteiger partial charge in [0.15, 0.2) is 5.75 Å². The SMILES string of the molecule is CC(Nc1cc(Cl)c(O)c(Cl)c1)c1ccc(F)cc1Cl. The van der Waals surface area contributed by atoms with Crippen LogP contribution in [-0.4, -0.2) is 5.11 Å². The van der Waals surface area contributed by atoms with E-state index in [1.807, 2.05) is 6.92 Å². The lowest BCUT2D eigenvalue weighted by atomic mass is 10.1. The molecule has 2 aromatic carbocycles. The predicted octanol–water partition coefficient (Wildman–Crippen LogP) is 5.66. The van der Waals surface area contributed by atoms with E-state index in [1.54, 1.807) is 18.2 Å². The van der Waals surface area contributed by atoms with Crippen molar-refractivity contribution in [2.24, 2.45) is 0 Å². The van der Waals surface area contributed by atoms with Crippen molar-refractivity contribution in [2.75, 3.05) is 5.32 Å². The lowest BCUT2D eigenvalue weighted by Gasteiger charge is -2.18. The van der Waals surface area contributed by atoms with Crippen LogP contribution in [0, 0.1) is 5.82 Å². The highest BCUT2D eigenvalue weighted by Crippen LogP contribution is 2.36. The van der Waals surface area contributed by atoms with Gasteiger partial charge in [0.05, 0.1) is 10.0 Å². The molecule has 0 saturated heterocycles. The third-order valence-electron chi connectivity index (χ3n) is 2.83. The Labute approximate surface area is 131 Å². The van der Waals surface area contributed by atoms with Gasteiger partial charge in [0.2, 0.25) is 0 Å². The van der Waals surface area contributed by atoms with Crippen molar-refractivity contribution in [3.05, 3.63) is 56.8 Å². The van der Waals surface area contributed by atoms with Crippen LogP contribution in [0.1, 0.15) is 18.5 Å². The maximum absolute atomic E-state index is 13.0. The number of benzene rings is 2. The maximum atomic E-state index is 13.0. The smallest absolute Gasteiger partial charge is 0.152 e. The van der Waals surface area contributed by atoms with Crippen LogP contribution < -0.4 is 5.32 Å². The van der Waals surface area contributed by atoms with E-state index >= 15 is 0 Å². The first-order valence-electron chi connectivity index (χ1n) is 5.78. The molecule has 2 nitrogen and oxygen atoms in total. The minimum Gasteiger partial charge on any atom is -0.505 e. The van der Waals surface area contributed by atoms with Crippen molar-refractivity contribution in [3.8, 4) is 5.75 Å². The van der Waals surface area contributed by atoms with E-state index in [4.69, 9.17) is 34.8 Å². The van der Waals surface area contributed by atoms with Gasteiger partial charge in [-0.25, -0.2) is 4.39 Å². The molecule has 2 N–H and O–H groups in total. The first-order valence-corrected chi connectivity index (χ1v) is 6.91. The molecule has 2 aromatic rings. The second kappa shape index (κ2) is 6.08. The van der Waals surface area contributed by atoms with Gasteiger partial charge >= 0.3 is 0 Å². The van der Waals surface area contributed by atoms with Crippen molar-refractivity contribution in [1.29, 1.82) is 0 Å². The Morgan fingerprint density at radius 1 is 1.05 bits per heavy atom. The Hall–Kier alpha value is -1.16. The summed E-state index contributed by atoms with van der Waals surface area (Å²) in [4.78, 5) is 0. The average molecular weight is 335 g/mol. The van der Waals surface area contributed by atoms with Gasteiger partial charge in [-0.15, -0.1) is 0 Å². The minimum atomic E-state index is -0.387. The Kier molecular flexibility index (Phi) is 4.63. The summed E-state index contributed by atoms with van der Waals surface area (Å²) in [5, 5.41) is 13.3. The lowest BCUT2D eigenvalue weighted by molar-refractivity contribution is 0.476. The fourth-order valence-electron chi connectivity index (χ4n) is 1.83. The summed E-state index contributed by atoms with van der Waals surface area (Å²) in [6, 6.07) is 7.13. The molecule has 2 rings (SSSR count). The Morgan fingerprint density at radius 2 is 1.65 bits per heavy atom. The molecule has 0 aliphatic heterocycles. The number of phenols is 1. The summed E-state index contributed by atoms with van der Waals surface area (Å²) in [6.07, 6.45) is 0. The third kappa shape index (κ3) is 3.29. The van der Waals surface area contributed by atoms with Gasteiger partial charge < -0.3 is 10.4 Å². The zero-order chi connectivity index (χ0) is 14.9. The maximum Gasteiger partial charge on any atom is 0.152 e. The number of rotatable bonds is 3. The van der Waals surface area contributed by atoms with Crippen LogP contribution in [0.25, 0.3) is 0 Å². The number of aromatic hydroxyl groups is 1. The van der Waals surface area contributed by atoms with Crippen LogP contribution in [0.5, 0.6) is 5.75 Å². The van der Waals surface area contributed by atoms with Crippen LogP contribution in [0.2, 0.25) is 15.1 Å².